The SMILES string of the molecule is CC(C)(CCN)CCC(=O)c1occc1Br. The fourth-order valence-electron chi connectivity index (χ4n) is 1.57. The summed E-state index contributed by atoms with van der Waals surface area (Å²) in [5, 5.41) is 0. The minimum absolute atomic E-state index is 0.0435. The zero-order valence-corrected chi connectivity index (χ0v) is 11.3. The number of nitrogens with two attached hydrogens (primary N) is 1. The fraction of sp³-hybridized carbons (Fsp3) is 0.583. The Hall–Kier alpha value is -0.610. The van der Waals surface area contributed by atoms with Crippen LogP contribution in [0, 0.1) is 5.41 Å². The lowest BCUT2D eigenvalue weighted by atomic mass is 9.83. The van der Waals surface area contributed by atoms with Gasteiger partial charge in [-0.15, -0.1) is 0 Å². The number of carbonyl (C=O) groups is 1. The number of Topliss-reactive ketones (excluding diaryl/α,β-unsaturated/α-hetero) is 1. The summed E-state index contributed by atoms with van der Waals surface area (Å²) in [6.45, 7) is 4.92. The van der Waals surface area contributed by atoms with Crippen molar-refractivity contribution < 1.29 is 9.21 Å². The van der Waals surface area contributed by atoms with Crippen LogP contribution in [0.2, 0.25) is 0 Å². The molecule has 1 aromatic heterocycles. The van der Waals surface area contributed by atoms with Crippen LogP contribution in [0.3, 0.4) is 0 Å². The van der Waals surface area contributed by atoms with Gasteiger partial charge in [0.1, 0.15) is 0 Å². The minimum atomic E-state index is 0.0435. The lowest BCUT2D eigenvalue weighted by Gasteiger charge is -2.22. The summed E-state index contributed by atoms with van der Waals surface area (Å²) >= 11 is 3.28. The first-order valence-corrected chi connectivity index (χ1v) is 6.22. The molecule has 2 N–H and O–H groups in total. The minimum Gasteiger partial charge on any atom is -0.460 e. The Morgan fingerprint density at radius 2 is 2.19 bits per heavy atom. The maximum absolute atomic E-state index is 11.8. The van der Waals surface area contributed by atoms with Gasteiger partial charge in [0, 0.05) is 6.42 Å². The van der Waals surface area contributed by atoms with Crippen molar-refractivity contribution in [2.24, 2.45) is 11.1 Å². The van der Waals surface area contributed by atoms with Crippen molar-refractivity contribution in [1.29, 1.82) is 0 Å². The second-order valence-corrected chi connectivity index (χ2v) is 5.58. The van der Waals surface area contributed by atoms with E-state index >= 15 is 0 Å². The zero-order chi connectivity index (χ0) is 12.2. The molecule has 0 aliphatic rings. The molecule has 0 radical (unpaired) electrons. The quantitative estimate of drug-likeness (QED) is 0.816. The molecule has 0 saturated heterocycles. The van der Waals surface area contributed by atoms with E-state index in [0.29, 0.717) is 18.7 Å². The van der Waals surface area contributed by atoms with Gasteiger partial charge in [0.25, 0.3) is 0 Å². The molecule has 4 heteroatoms. The van der Waals surface area contributed by atoms with Crippen LogP contribution < -0.4 is 5.73 Å². The second kappa shape index (κ2) is 5.64. The maximum atomic E-state index is 11.8. The summed E-state index contributed by atoms with van der Waals surface area (Å²) in [4.78, 5) is 11.8. The van der Waals surface area contributed by atoms with Gasteiger partial charge in [0.15, 0.2) is 11.5 Å². The lowest BCUT2D eigenvalue weighted by Crippen LogP contribution is -2.18. The van der Waals surface area contributed by atoms with Gasteiger partial charge in [-0.05, 0) is 46.8 Å². The van der Waals surface area contributed by atoms with Gasteiger partial charge >= 0.3 is 0 Å². The van der Waals surface area contributed by atoms with Crippen molar-refractivity contribution >= 4 is 21.7 Å². The molecule has 1 aromatic rings. The highest BCUT2D eigenvalue weighted by Gasteiger charge is 2.21. The third-order valence-electron chi connectivity index (χ3n) is 2.72. The molecule has 0 aliphatic carbocycles. The molecule has 1 heterocycles. The molecule has 0 spiro atoms. The van der Waals surface area contributed by atoms with E-state index in [1.54, 1.807) is 6.07 Å². The monoisotopic (exact) mass is 287 g/mol. The summed E-state index contributed by atoms with van der Waals surface area (Å²) in [7, 11) is 0. The highest BCUT2D eigenvalue weighted by atomic mass is 79.9. The summed E-state index contributed by atoms with van der Waals surface area (Å²) in [5.74, 6) is 0.463. The first-order chi connectivity index (χ1) is 7.46. The van der Waals surface area contributed by atoms with Crippen molar-refractivity contribution in [3.8, 4) is 0 Å². The third kappa shape index (κ3) is 3.76. The van der Waals surface area contributed by atoms with Crippen LogP contribution in [0.25, 0.3) is 0 Å². The van der Waals surface area contributed by atoms with Crippen molar-refractivity contribution in [3.05, 3.63) is 22.6 Å². The molecule has 0 fully saturated rings. The standard InChI is InChI=1S/C12H18BrNO2/c1-12(2,6-7-14)5-3-10(15)11-9(13)4-8-16-11/h4,8H,3,5-7,14H2,1-2H3. The smallest absolute Gasteiger partial charge is 0.199 e. The van der Waals surface area contributed by atoms with Crippen LogP contribution in [0.5, 0.6) is 0 Å². The van der Waals surface area contributed by atoms with Gasteiger partial charge in [-0.1, -0.05) is 13.8 Å². The van der Waals surface area contributed by atoms with E-state index in [0.717, 1.165) is 17.3 Å². The van der Waals surface area contributed by atoms with Crippen LogP contribution in [0.4, 0.5) is 0 Å². The zero-order valence-electron chi connectivity index (χ0n) is 9.75. The Labute approximate surface area is 105 Å². The number of furan rings is 1. The van der Waals surface area contributed by atoms with Gasteiger partial charge in [-0.25, -0.2) is 0 Å². The molecular formula is C12H18BrNO2. The van der Waals surface area contributed by atoms with Crippen molar-refractivity contribution in [1.82, 2.24) is 0 Å². The van der Waals surface area contributed by atoms with E-state index in [-0.39, 0.29) is 11.2 Å². The lowest BCUT2D eigenvalue weighted by molar-refractivity contribution is 0.0933. The molecule has 0 atom stereocenters. The predicted molar refractivity (Wildman–Crippen MR) is 67.4 cm³/mol. The fourth-order valence-corrected chi connectivity index (χ4v) is 2.00. The van der Waals surface area contributed by atoms with Crippen LogP contribution in [-0.2, 0) is 0 Å². The molecule has 0 amide bonds. The number of hydrogen-bond donors (Lipinski definition) is 1. The van der Waals surface area contributed by atoms with Gasteiger partial charge in [-0.2, -0.15) is 0 Å². The summed E-state index contributed by atoms with van der Waals surface area (Å²) < 4.78 is 5.86. The molecule has 90 valence electrons. The Kier molecular flexibility index (Phi) is 4.74. The average molecular weight is 288 g/mol. The Morgan fingerprint density at radius 1 is 1.50 bits per heavy atom. The molecule has 0 aliphatic heterocycles. The Morgan fingerprint density at radius 3 is 2.69 bits per heavy atom. The van der Waals surface area contributed by atoms with Crippen molar-refractivity contribution in [3.63, 3.8) is 0 Å². The number of halogens is 1. The molecule has 0 bridgehead atoms. The first-order valence-electron chi connectivity index (χ1n) is 5.42. The van der Waals surface area contributed by atoms with E-state index < -0.39 is 0 Å². The summed E-state index contributed by atoms with van der Waals surface area (Å²) in [5.41, 5.74) is 5.64. The van der Waals surface area contributed by atoms with Crippen molar-refractivity contribution in [2.45, 2.75) is 33.1 Å². The van der Waals surface area contributed by atoms with E-state index in [4.69, 9.17) is 10.2 Å². The van der Waals surface area contributed by atoms with Gasteiger partial charge < -0.3 is 10.2 Å². The molecule has 0 aromatic carbocycles. The topological polar surface area (TPSA) is 56.2 Å². The summed E-state index contributed by atoms with van der Waals surface area (Å²) in [6.07, 6.45) is 3.78. The number of hydrogen-bond acceptors (Lipinski definition) is 3. The summed E-state index contributed by atoms with van der Waals surface area (Å²) in [6, 6.07) is 1.73. The Balaban J connectivity index is 2.51. The van der Waals surface area contributed by atoms with Gasteiger partial charge in [-0.3, -0.25) is 4.79 Å². The molecule has 16 heavy (non-hydrogen) atoms. The van der Waals surface area contributed by atoms with Gasteiger partial charge in [0.05, 0.1) is 10.7 Å². The molecule has 0 unspecified atom stereocenters. The molecular weight excluding hydrogens is 270 g/mol. The highest BCUT2D eigenvalue weighted by molar-refractivity contribution is 9.10. The highest BCUT2D eigenvalue weighted by Crippen LogP contribution is 2.28. The maximum Gasteiger partial charge on any atom is 0.199 e. The Bertz CT molecular complexity index is 358. The molecule has 3 nitrogen and oxygen atoms in total. The van der Waals surface area contributed by atoms with E-state index in [1.807, 2.05) is 0 Å². The van der Waals surface area contributed by atoms with Crippen LogP contribution in [-0.4, -0.2) is 12.3 Å². The molecule has 1 rings (SSSR count). The largest absolute Gasteiger partial charge is 0.460 e. The first kappa shape index (κ1) is 13.5. The average Bonchev–Trinajstić information content (AvgIpc) is 2.61. The second-order valence-electron chi connectivity index (χ2n) is 4.72. The normalized spacial score (nSPS) is 11.8. The van der Waals surface area contributed by atoms with Crippen LogP contribution in [0.1, 0.15) is 43.7 Å². The van der Waals surface area contributed by atoms with E-state index in [9.17, 15) is 4.79 Å². The van der Waals surface area contributed by atoms with E-state index in [2.05, 4.69) is 29.8 Å². The van der Waals surface area contributed by atoms with Gasteiger partial charge in [0.2, 0.25) is 0 Å². The predicted octanol–water partition coefficient (Wildman–Crippen LogP) is 3.38. The third-order valence-corrected chi connectivity index (χ3v) is 3.34. The van der Waals surface area contributed by atoms with Crippen LogP contribution in [0.15, 0.2) is 21.2 Å². The van der Waals surface area contributed by atoms with Crippen LogP contribution >= 0.6 is 15.9 Å². The van der Waals surface area contributed by atoms with E-state index in [1.165, 1.54) is 6.26 Å². The van der Waals surface area contributed by atoms with Crippen molar-refractivity contribution in [2.75, 3.05) is 6.54 Å². The molecule has 0 saturated carbocycles. The number of ketones is 1. The number of rotatable bonds is 6. The number of carbonyl (C=O) groups excluding carboxylic acids is 1.